The van der Waals surface area contributed by atoms with Crippen molar-refractivity contribution >= 4 is 40.6 Å². The number of halogens is 2. The largest absolute Gasteiger partial charge is 0.489 e. The highest BCUT2D eigenvalue weighted by molar-refractivity contribution is 6.33. The average Bonchev–Trinajstić information content (AvgIpc) is 3.02. The minimum atomic E-state index is -0.673. The lowest BCUT2D eigenvalue weighted by Gasteiger charge is -2.41. The third kappa shape index (κ3) is 6.80. The lowest BCUT2D eigenvalue weighted by molar-refractivity contribution is 0.0218. The number of nitrogens with zero attached hydrogens (tertiary/aromatic N) is 5. The number of para-hydroxylation sites is 1. The number of piperazine rings is 1. The Kier molecular flexibility index (Phi) is 9.96. The van der Waals surface area contributed by atoms with E-state index in [0.717, 1.165) is 5.56 Å². The molecule has 0 bridgehead atoms. The number of amides is 1. The molecule has 2 aromatic heterocycles. The second kappa shape index (κ2) is 13.8. The number of hydrogen-bond acceptors (Lipinski definition) is 7. The first-order chi connectivity index (χ1) is 22.7. The van der Waals surface area contributed by atoms with E-state index in [-0.39, 0.29) is 46.3 Å². The van der Waals surface area contributed by atoms with Gasteiger partial charge in [0.2, 0.25) is 0 Å². The van der Waals surface area contributed by atoms with Gasteiger partial charge in [-0.1, -0.05) is 75.0 Å². The van der Waals surface area contributed by atoms with Crippen LogP contribution in [0.25, 0.3) is 34.1 Å². The number of carbonyl (C=O) groups excluding carboxylic acids is 1. The summed E-state index contributed by atoms with van der Waals surface area (Å²) in [5.41, 5.74) is 1.24. The molecule has 0 radical (unpaired) electrons. The Bertz CT molecular complexity index is 1950. The predicted molar refractivity (Wildman–Crippen MR) is 190 cm³/mol. The van der Waals surface area contributed by atoms with E-state index in [4.69, 9.17) is 26.1 Å². The molecule has 5 rings (SSSR count). The summed E-state index contributed by atoms with van der Waals surface area (Å²) in [4.78, 5) is 40.1. The summed E-state index contributed by atoms with van der Waals surface area (Å²) in [5, 5.41) is 0.550. The zero-order chi connectivity index (χ0) is 34.9. The van der Waals surface area contributed by atoms with Crippen LogP contribution in [0.5, 0.6) is 5.75 Å². The van der Waals surface area contributed by atoms with Gasteiger partial charge in [-0.15, -0.1) is 0 Å². The van der Waals surface area contributed by atoms with Crippen molar-refractivity contribution in [2.45, 2.75) is 59.1 Å². The Morgan fingerprint density at radius 2 is 1.88 bits per heavy atom. The molecular formula is C37H41ClFN5O4. The van der Waals surface area contributed by atoms with Crippen LogP contribution in [0, 0.1) is 5.82 Å². The molecule has 11 heteroatoms. The van der Waals surface area contributed by atoms with Gasteiger partial charge in [-0.05, 0) is 62.9 Å². The molecule has 0 spiro atoms. The zero-order valence-corrected chi connectivity index (χ0v) is 29.0. The highest BCUT2D eigenvalue weighted by atomic mass is 35.5. The number of fused-ring (bicyclic) bond motifs is 1. The van der Waals surface area contributed by atoms with Crippen molar-refractivity contribution in [2.75, 3.05) is 31.1 Å². The molecule has 1 saturated heterocycles. The quantitative estimate of drug-likeness (QED) is 0.175. The van der Waals surface area contributed by atoms with Crippen LogP contribution in [-0.2, 0) is 4.74 Å². The van der Waals surface area contributed by atoms with Crippen molar-refractivity contribution < 1.29 is 18.7 Å². The van der Waals surface area contributed by atoms with Gasteiger partial charge in [0.25, 0.3) is 0 Å². The molecule has 252 valence electrons. The van der Waals surface area contributed by atoms with Crippen molar-refractivity contribution in [3.63, 3.8) is 0 Å². The topological polar surface area (TPSA) is 89.8 Å². The van der Waals surface area contributed by atoms with Crippen LogP contribution < -0.4 is 15.3 Å². The molecule has 4 aromatic rings. The highest BCUT2D eigenvalue weighted by Gasteiger charge is 2.33. The molecule has 1 aliphatic rings. The van der Waals surface area contributed by atoms with E-state index >= 15 is 4.39 Å². The van der Waals surface area contributed by atoms with Gasteiger partial charge in [-0.25, -0.2) is 23.5 Å². The minimum Gasteiger partial charge on any atom is -0.489 e. The molecule has 0 aliphatic carbocycles. The van der Waals surface area contributed by atoms with Crippen molar-refractivity contribution in [2.24, 2.45) is 0 Å². The van der Waals surface area contributed by atoms with Crippen LogP contribution in [0.3, 0.4) is 0 Å². The minimum absolute atomic E-state index is 0.0184. The summed E-state index contributed by atoms with van der Waals surface area (Å²) in [6, 6.07) is 11.8. The van der Waals surface area contributed by atoms with E-state index < -0.39 is 23.2 Å². The third-order valence-corrected chi connectivity index (χ3v) is 8.40. The van der Waals surface area contributed by atoms with Crippen molar-refractivity contribution in [3.8, 4) is 22.7 Å². The molecule has 0 saturated carbocycles. The van der Waals surface area contributed by atoms with E-state index in [1.165, 1.54) is 10.6 Å². The van der Waals surface area contributed by atoms with E-state index in [9.17, 15) is 9.59 Å². The first kappa shape index (κ1) is 34.6. The monoisotopic (exact) mass is 673 g/mol. The Morgan fingerprint density at radius 1 is 1.15 bits per heavy atom. The Hall–Kier alpha value is -4.70. The van der Waals surface area contributed by atoms with Crippen LogP contribution in [0.4, 0.5) is 15.0 Å². The molecule has 1 fully saturated rings. The van der Waals surface area contributed by atoms with Gasteiger partial charge in [-0.2, -0.15) is 4.98 Å². The zero-order valence-electron chi connectivity index (χ0n) is 28.2. The third-order valence-electron chi connectivity index (χ3n) is 8.09. The smallest absolute Gasteiger partial charge is 0.410 e. The van der Waals surface area contributed by atoms with Crippen LogP contribution in [-0.4, -0.2) is 63.4 Å². The van der Waals surface area contributed by atoms with Crippen LogP contribution >= 0.6 is 11.6 Å². The fourth-order valence-electron chi connectivity index (χ4n) is 5.94. The van der Waals surface area contributed by atoms with Gasteiger partial charge in [0, 0.05) is 25.7 Å². The lowest BCUT2D eigenvalue weighted by Crippen LogP contribution is -2.55. The summed E-state index contributed by atoms with van der Waals surface area (Å²) in [7, 11) is 0. The standard InChI is InChI=1S/C37H41ClFN5O4/c1-9-19-47-29-16-12-15-27(38)30(29)31-28(39)20-26-33(43-18-17-42(21-23(43)5)36(46)48-37(6,7)8)41-35(45)44(34(26)40-31)32-24(10-2)13-11-14-25(32)22(3)4/h9-16,20,22-23H,1-2,17-19,21H2,3-8H3. The summed E-state index contributed by atoms with van der Waals surface area (Å²) in [5.74, 6) is -0.0686. The van der Waals surface area contributed by atoms with Crippen LogP contribution in [0.1, 0.15) is 58.6 Å². The number of benzene rings is 2. The van der Waals surface area contributed by atoms with Crippen molar-refractivity contribution in [1.29, 1.82) is 0 Å². The number of rotatable bonds is 8. The summed E-state index contributed by atoms with van der Waals surface area (Å²) >= 11 is 6.66. The lowest BCUT2D eigenvalue weighted by atomic mass is 9.97. The van der Waals surface area contributed by atoms with Gasteiger partial charge < -0.3 is 19.3 Å². The number of aromatic nitrogens is 3. The Balaban J connectivity index is 1.78. The number of anilines is 1. The molecular weight excluding hydrogens is 633 g/mol. The molecule has 3 heterocycles. The molecule has 48 heavy (non-hydrogen) atoms. The number of carbonyl (C=O) groups is 1. The van der Waals surface area contributed by atoms with Gasteiger partial charge in [0.1, 0.15) is 29.5 Å². The van der Waals surface area contributed by atoms with E-state index in [1.54, 1.807) is 35.3 Å². The molecule has 1 aliphatic heterocycles. The Morgan fingerprint density at radius 3 is 2.52 bits per heavy atom. The summed E-state index contributed by atoms with van der Waals surface area (Å²) in [6.07, 6.45) is 2.83. The molecule has 2 aromatic carbocycles. The average molecular weight is 674 g/mol. The second-order valence-corrected chi connectivity index (χ2v) is 13.5. The first-order valence-electron chi connectivity index (χ1n) is 15.9. The van der Waals surface area contributed by atoms with Gasteiger partial charge in [0.05, 0.1) is 21.7 Å². The molecule has 1 atom stereocenters. The Labute approximate surface area is 285 Å². The molecule has 0 N–H and O–H groups in total. The van der Waals surface area contributed by atoms with Crippen molar-refractivity contribution in [3.05, 3.63) is 94.1 Å². The first-order valence-corrected chi connectivity index (χ1v) is 16.3. The maximum Gasteiger partial charge on any atom is 0.410 e. The van der Waals surface area contributed by atoms with Gasteiger partial charge in [0.15, 0.2) is 11.5 Å². The summed E-state index contributed by atoms with van der Waals surface area (Å²) < 4.78 is 29.3. The van der Waals surface area contributed by atoms with Gasteiger partial charge in [-0.3, -0.25) is 0 Å². The van der Waals surface area contributed by atoms with E-state index in [2.05, 4.69) is 18.1 Å². The number of hydrogen-bond donors (Lipinski definition) is 0. The van der Waals surface area contributed by atoms with Crippen molar-refractivity contribution in [1.82, 2.24) is 19.4 Å². The molecule has 1 unspecified atom stereocenters. The molecule has 9 nitrogen and oxygen atoms in total. The normalized spacial score (nSPS) is 15.1. The van der Waals surface area contributed by atoms with E-state index in [1.807, 2.05) is 64.6 Å². The van der Waals surface area contributed by atoms with Crippen LogP contribution in [0.15, 0.2) is 66.5 Å². The highest BCUT2D eigenvalue weighted by Crippen LogP contribution is 2.40. The number of pyridine rings is 1. The fraction of sp³-hybridized carbons (Fsp3) is 0.351. The fourth-order valence-corrected chi connectivity index (χ4v) is 6.19. The second-order valence-electron chi connectivity index (χ2n) is 13.1. The SMILES string of the molecule is C=CCOc1cccc(Cl)c1-c1nc2c(cc1F)c(N1CCN(C(=O)OC(C)(C)C)CC1C)nc(=O)n2-c1c(C=C)cccc1C(C)C. The van der Waals surface area contributed by atoms with Crippen LogP contribution in [0.2, 0.25) is 5.02 Å². The summed E-state index contributed by atoms with van der Waals surface area (Å²) in [6.45, 7) is 20.3. The number of ether oxygens (including phenoxy) is 2. The molecule has 1 amide bonds. The maximum absolute atomic E-state index is 16.4. The van der Waals surface area contributed by atoms with E-state index in [0.29, 0.717) is 42.0 Å². The maximum atomic E-state index is 16.4. The predicted octanol–water partition coefficient (Wildman–Crippen LogP) is 8.02. The van der Waals surface area contributed by atoms with Gasteiger partial charge >= 0.3 is 11.8 Å².